The van der Waals surface area contributed by atoms with Crippen LogP contribution in [0.5, 0.6) is 0 Å². The molecule has 0 saturated heterocycles. The average molecular weight is 420 g/mol. The maximum Gasteiger partial charge on any atom is 0.326 e. The minimum atomic E-state index is -1.32. The Balaban J connectivity index is 1.51. The Morgan fingerprint density at radius 1 is 0.867 bits per heavy atom. The summed E-state index contributed by atoms with van der Waals surface area (Å²) in [5.41, 5.74) is 3.72. The number of hydrogen-bond donors (Lipinski definition) is 2. The summed E-state index contributed by atoms with van der Waals surface area (Å²) < 4.78 is 12.4. The molecule has 2 N–H and O–H groups in total. The van der Waals surface area contributed by atoms with E-state index in [9.17, 15) is 18.9 Å². The van der Waals surface area contributed by atoms with Gasteiger partial charge in [-0.2, -0.15) is 0 Å². The van der Waals surface area contributed by atoms with E-state index in [2.05, 4.69) is 5.32 Å². The van der Waals surface area contributed by atoms with Crippen molar-refractivity contribution < 1.29 is 18.9 Å². The molecule has 1 aliphatic carbocycles. The number of benzene rings is 3. The molecule has 2 atom stereocenters. The summed E-state index contributed by atoms with van der Waals surface area (Å²) in [6.07, 6.45) is 0.0819. The van der Waals surface area contributed by atoms with E-state index in [-0.39, 0.29) is 18.1 Å². The molecule has 1 amide bonds. The molecule has 0 aromatic heterocycles. The molecule has 0 aliphatic heterocycles. The molecule has 0 saturated carbocycles. The molecule has 0 heterocycles. The van der Waals surface area contributed by atoms with Crippen molar-refractivity contribution in [1.82, 2.24) is 5.32 Å². The van der Waals surface area contributed by atoms with E-state index in [4.69, 9.17) is 0 Å². The lowest BCUT2D eigenvalue weighted by atomic mass is 9.95. The smallest absolute Gasteiger partial charge is 0.326 e. The Morgan fingerprint density at radius 2 is 1.40 bits per heavy atom. The van der Waals surface area contributed by atoms with Gasteiger partial charge in [-0.15, -0.1) is 0 Å². The number of nitrogens with one attached hydrogen (secondary N) is 1. The summed E-state index contributed by atoms with van der Waals surface area (Å²) in [7, 11) is -1.32. The van der Waals surface area contributed by atoms with Gasteiger partial charge >= 0.3 is 5.97 Å². The molecular weight excluding hydrogens is 398 g/mol. The SMILES string of the molecule is O=C(N[C@@H](CC[S@](=O)c1ccccc1)C(=O)O)C1c2ccccc2-c2ccccc21. The Morgan fingerprint density at radius 3 is 1.97 bits per heavy atom. The van der Waals surface area contributed by atoms with E-state index in [1.54, 1.807) is 24.3 Å². The van der Waals surface area contributed by atoms with Gasteiger partial charge in [-0.3, -0.25) is 9.00 Å². The third-order valence-corrected chi connectivity index (χ3v) is 6.71. The maximum absolute atomic E-state index is 13.2. The van der Waals surface area contributed by atoms with Crippen LogP contribution in [0.1, 0.15) is 23.5 Å². The molecular formula is C24H21NO4S. The van der Waals surface area contributed by atoms with Gasteiger partial charge in [0.15, 0.2) is 0 Å². The Hall–Kier alpha value is -3.25. The standard InChI is InChI=1S/C24H21NO4S/c26-23(22-19-12-6-4-10-17(19)18-11-5-7-13-20(18)22)25-21(24(27)28)14-15-30(29)16-8-2-1-3-9-16/h1-13,21-22H,14-15H2,(H,25,26)(H,27,28)/t21-,30-/m0/s1. The van der Waals surface area contributed by atoms with Crippen molar-refractivity contribution in [2.24, 2.45) is 0 Å². The summed E-state index contributed by atoms with van der Waals surface area (Å²) >= 11 is 0. The third-order valence-electron chi connectivity index (χ3n) is 5.31. The number of rotatable bonds is 7. The fourth-order valence-corrected chi connectivity index (χ4v) is 5.01. The molecule has 0 fully saturated rings. The number of fused-ring (bicyclic) bond motifs is 3. The molecule has 0 spiro atoms. The first kappa shape index (κ1) is 20.0. The Kier molecular flexibility index (Phi) is 5.77. The summed E-state index contributed by atoms with van der Waals surface area (Å²) in [6.45, 7) is 0. The molecule has 1 aliphatic rings. The maximum atomic E-state index is 13.2. The highest BCUT2D eigenvalue weighted by atomic mass is 32.2. The second-order valence-electron chi connectivity index (χ2n) is 7.16. The minimum Gasteiger partial charge on any atom is -0.480 e. The first-order valence-electron chi connectivity index (χ1n) is 9.71. The van der Waals surface area contributed by atoms with Crippen LogP contribution in [-0.4, -0.2) is 33.0 Å². The second-order valence-corrected chi connectivity index (χ2v) is 8.73. The normalized spacial score (nSPS) is 14.4. The zero-order valence-corrected chi connectivity index (χ0v) is 17.0. The van der Waals surface area contributed by atoms with Crippen LogP contribution in [0.2, 0.25) is 0 Å². The molecule has 0 unspecified atom stereocenters. The van der Waals surface area contributed by atoms with Gasteiger partial charge in [0.05, 0.1) is 16.7 Å². The van der Waals surface area contributed by atoms with Crippen LogP contribution in [0, 0.1) is 0 Å². The number of carbonyl (C=O) groups excluding carboxylic acids is 1. The molecule has 5 nitrogen and oxygen atoms in total. The van der Waals surface area contributed by atoms with Crippen LogP contribution in [-0.2, 0) is 20.4 Å². The fourth-order valence-electron chi connectivity index (χ4n) is 3.87. The van der Waals surface area contributed by atoms with Crippen molar-refractivity contribution in [2.75, 3.05) is 5.75 Å². The Bertz CT molecular complexity index is 1070. The molecule has 30 heavy (non-hydrogen) atoms. The number of amides is 1. The lowest BCUT2D eigenvalue weighted by molar-refractivity contribution is -0.141. The first-order chi connectivity index (χ1) is 14.6. The topological polar surface area (TPSA) is 83.5 Å². The van der Waals surface area contributed by atoms with Crippen LogP contribution in [0.4, 0.5) is 0 Å². The molecule has 0 radical (unpaired) electrons. The summed E-state index contributed by atoms with van der Waals surface area (Å²) in [4.78, 5) is 25.6. The molecule has 3 aromatic rings. The van der Waals surface area contributed by atoms with Gasteiger partial charge in [-0.1, -0.05) is 66.7 Å². The van der Waals surface area contributed by atoms with E-state index in [1.807, 2.05) is 54.6 Å². The molecule has 152 valence electrons. The third kappa shape index (κ3) is 3.91. The lowest BCUT2D eigenvalue weighted by Gasteiger charge is -2.19. The van der Waals surface area contributed by atoms with Crippen molar-refractivity contribution in [3.05, 3.63) is 90.0 Å². The van der Waals surface area contributed by atoms with Gasteiger partial charge in [0.25, 0.3) is 0 Å². The highest BCUT2D eigenvalue weighted by Crippen LogP contribution is 2.44. The lowest BCUT2D eigenvalue weighted by Crippen LogP contribution is -2.43. The van der Waals surface area contributed by atoms with Crippen LogP contribution >= 0.6 is 0 Å². The van der Waals surface area contributed by atoms with Crippen LogP contribution in [0.25, 0.3) is 11.1 Å². The Labute approximate surface area is 177 Å². The van der Waals surface area contributed by atoms with Crippen molar-refractivity contribution in [2.45, 2.75) is 23.3 Å². The van der Waals surface area contributed by atoms with Crippen molar-refractivity contribution in [3.63, 3.8) is 0 Å². The van der Waals surface area contributed by atoms with Crippen molar-refractivity contribution >= 4 is 22.7 Å². The predicted octanol–water partition coefficient (Wildman–Crippen LogP) is 3.57. The zero-order valence-electron chi connectivity index (χ0n) is 16.2. The number of carbonyl (C=O) groups is 2. The van der Waals surface area contributed by atoms with Gasteiger partial charge < -0.3 is 10.4 Å². The number of carboxylic acid groups (broad SMARTS) is 1. The highest BCUT2D eigenvalue weighted by Gasteiger charge is 2.35. The van der Waals surface area contributed by atoms with Gasteiger partial charge in [-0.05, 0) is 40.8 Å². The van der Waals surface area contributed by atoms with Gasteiger partial charge in [0.1, 0.15) is 6.04 Å². The molecule has 6 heteroatoms. The minimum absolute atomic E-state index is 0.0819. The van der Waals surface area contributed by atoms with Gasteiger partial charge in [-0.25, -0.2) is 4.79 Å². The number of aliphatic carboxylic acids is 1. The second kappa shape index (κ2) is 8.63. The van der Waals surface area contributed by atoms with E-state index < -0.39 is 28.7 Å². The van der Waals surface area contributed by atoms with E-state index in [0.29, 0.717) is 4.90 Å². The predicted molar refractivity (Wildman–Crippen MR) is 116 cm³/mol. The molecule has 4 rings (SSSR count). The quantitative estimate of drug-likeness (QED) is 0.613. The summed E-state index contributed by atoms with van der Waals surface area (Å²) in [5.74, 6) is -1.89. The average Bonchev–Trinajstić information content (AvgIpc) is 3.11. The van der Waals surface area contributed by atoms with Crippen LogP contribution in [0.3, 0.4) is 0 Å². The summed E-state index contributed by atoms with van der Waals surface area (Å²) in [6, 6.07) is 23.2. The van der Waals surface area contributed by atoms with Crippen molar-refractivity contribution in [3.8, 4) is 11.1 Å². The van der Waals surface area contributed by atoms with Gasteiger partial charge in [0.2, 0.25) is 5.91 Å². The summed E-state index contributed by atoms with van der Waals surface area (Å²) in [5, 5.41) is 12.3. The molecule has 3 aromatic carbocycles. The zero-order chi connectivity index (χ0) is 21.1. The van der Waals surface area contributed by atoms with Crippen LogP contribution < -0.4 is 5.32 Å². The monoisotopic (exact) mass is 419 g/mol. The number of carboxylic acids is 1. The van der Waals surface area contributed by atoms with Crippen molar-refractivity contribution in [1.29, 1.82) is 0 Å². The van der Waals surface area contributed by atoms with E-state index in [1.165, 1.54) is 0 Å². The van der Waals surface area contributed by atoms with E-state index in [0.717, 1.165) is 22.3 Å². The number of hydrogen-bond acceptors (Lipinski definition) is 3. The molecule has 0 bridgehead atoms. The largest absolute Gasteiger partial charge is 0.480 e. The van der Waals surface area contributed by atoms with Crippen LogP contribution in [0.15, 0.2) is 83.8 Å². The van der Waals surface area contributed by atoms with E-state index >= 15 is 0 Å². The fraction of sp³-hybridized carbons (Fsp3) is 0.167. The van der Waals surface area contributed by atoms with Gasteiger partial charge in [0, 0.05) is 10.6 Å². The highest BCUT2D eigenvalue weighted by molar-refractivity contribution is 7.85. The first-order valence-corrected chi connectivity index (χ1v) is 11.0.